The fourth-order valence-corrected chi connectivity index (χ4v) is 3.24. The lowest BCUT2D eigenvalue weighted by atomic mass is 10.2. The van der Waals surface area contributed by atoms with Crippen molar-refractivity contribution in [1.29, 1.82) is 5.26 Å². The van der Waals surface area contributed by atoms with Crippen LogP contribution in [-0.4, -0.2) is 25.0 Å². The zero-order valence-electron chi connectivity index (χ0n) is 12.1. The first-order valence-corrected chi connectivity index (χ1v) is 7.87. The van der Waals surface area contributed by atoms with Crippen molar-refractivity contribution < 1.29 is 8.42 Å². The van der Waals surface area contributed by atoms with Crippen LogP contribution in [0.2, 0.25) is 0 Å². The van der Waals surface area contributed by atoms with Gasteiger partial charge in [-0.05, 0) is 26.0 Å². The van der Waals surface area contributed by atoms with Crippen LogP contribution in [0.5, 0.6) is 0 Å². The number of aromatic nitrogens is 2. The Morgan fingerprint density at radius 1 is 1.38 bits per heavy atom. The Morgan fingerprint density at radius 2 is 2.05 bits per heavy atom. The largest absolute Gasteiger partial charge is 0.334 e. The number of sulfonamides is 1. The highest BCUT2D eigenvalue weighted by Gasteiger charge is 2.26. The summed E-state index contributed by atoms with van der Waals surface area (Å²) in [7, 11) is -2.36. The Kier molecular flexibility index (Phi) is 4.00. The summed E-state index contributed by atoms with van der Waals surface area (Å²) in [6, 6.07) is 8.56. The molecule has 1 aromatic heterocycles. The number of para-hydroxylation sites is 1. The molecule has 6 nitrogen and oxygen atoms in total. The molecule has 7 heteroatoms. The second kappa shape index (κ2) is 5.58. The summed E-state index contributed by atoms with van der Waals surface area (Å²) >= 11 is 0. The minimum Gasteiger partial charge on any atom is -0.334 e. The molecule has 2 aromatic rings. The zero-order chi connectivity index (χ0) is 15.6. The van der Waals surface area contributed by atoms with Crippen LogP contribution in [0.4, 0.5) is 5.69 Å². The summed E-state index contributed by atoms with van der Waals surface area (Å²) < 4.78 is 28.1. The highest BCUT2D eigenvalue weighted by molar-refractivity contribution is 7.92. The lowest BCUT2D eigenvalue weighted by Gasteiger charge is -2.18. The van der Waals surface area contributed by atoms with Crippen LogP contribution in [0.15, 0.2) is 35.5 Å². The second-order valence-corrected chi connectivity index (χ2v) is 6.43. The van der Waals surface area contributed by atoms with E-state index in [1.165, 1.54) is 13.2 Å². The molecule has 0 saturated heterocycles. The molecule has 1 heterocycles. The van der Waals surface area contributed by atoms with Gasteiger partial charge in [0.05, 0.1) is 11.3 Å². The molecule has 0 aliphatic rings. The van der Waals surface area contributed by atoms with Gasteiger partial charge in [0.15, 0.2) is 5.03 Å². The first-order valence-electron chi connectivity index (χ1n) is 6.43. The molecule has 2 rings (SSSR count). The third kappa shape index (κ3) is 2.62. The fourth-order valence-electron chi connectivity index (χ4n) is 2.04. The molecule has 0 aliphatic heterocycles. The normalized spacial score (nSPS) is 11.1. The van der Waals surface area contributed by atoms with Crippen LogP contribution in [0, 0.1) is 18.3 Å². The molecule has 0 bridgehead atoms. The van der Waals surface area contributed by atoms with E-state index in [4.69, 9.17) is 5.26 Å². The topological polar surface area (TPSA) is 79.0 Å². The van der Waals surface area contributed by atoms with E-state index >= 15 is 0 Å². The molecule has 0 N–H and O–H groups in total. The number of nitrogens with zero attached hydrogens (tertiary/aromatic N) is 4. The molecule has 0 unspecified atom stereocenters. The summed E-state index contributed by atoms with van der Waals surface area (Å²) in [5.41, 5.74) is 0.638. The number of aryl methyl sites for hydroxylation is 2. The number of hydrogen-bond donors (Lipinski definition) is 0. The average Bonchev–Trinajstić information content (AvgIpc) is 2.88. The number of anilines is 1. The number of benzene rings is 1. The van der Waals surface area contributed by atoms with Crippen LogP contribution in [0.1, 0.15) is 18.3 Å². The molecule has 0 fully saturated rings. The molecule has 0 atom stereocenters. The standard InChI is InChI=1S/C14H16N4O2S/c1-4-18-10-14(16-11(18)2)21(19,20)17(3)13-8-6-5-7-12(13)9-15/h5-8,10H,4H2,1-3H3. The number of rotatable bonds is 4. The van der Waals surface area contributed by atoms with Crippen LogP contribution in [0.3, 0.4) is 0 Å². The maximum absolute atomic E-state index is 12.6. The predicted molar refractivity (Wildman–Crippen MR) is 79.4 cm³/mol. The number of hydrogen-bond acceptors (Lipinski definition) is 4. The first-order chi connectivity index (χ1) is 9.91. The molecule has 0 amide bonds. The minimum absolute atomic E-state index is 0.0166. The van der Waals surface area contributed by atoms with Crippen molar-refractivity contribution in [3.05, 3.63) is 41.9 Å². The van der Waals surface area contributed by atoms with Crippen molar-refractivity contribution in [2.24, 2.45) is 0 Å². The van der Waals surface area contributed by atoms with E-state index in [1.54, 1.807) is 35.8 Å². The highest BCUT2D eigenvalue weighted by Crippen LogP contribution is 2.24. The Morgan fingerprint density at radius 3 is 2.62 bits per heavy atom. The first kappa shape index (κ1) is 15.1. The van der Waals surface area contributed by atoms with Crippen LogP contribution in [0.25, 0.3) is 0 Å². The summed E-state index contributed by atoms with van der Waals surface area (Å²) in [6.07, 6.45) is 1.51. The predicted octanol–water partition coefficient (Wildman–Crippen LogP) is 1.91. The molecule has 21 heavy (non-hydrogen) atoms. The highest BCUT2D eigenvalue weighted by atomic mass is 32.2. The van der Waals surface area contributed by atoms with Crippen LogP contribution < -0.4 is 4.31 Å². The smallest absolute Gasteiger partial charge is 0.283 e. The van der Waals surface area contributed by atoms with Crippen molar-refractivity contribution in [2.75, 3.05) is 11.4 Å². The molecule has 0 radical (unpaired) electrons. The minimum atomic E-state index is -3.79. The second-order valence-electron chi connectivity index (χ2n) is 4.51. The Hall–Kier alpha value is -2.33. The lowest BCUT2D eigenvalue weighted by Crippen LogP contribution is -2.27. The number of imidazole rings is 1. The van der Waals surface area contributed by atoms with Gasteiger partial charge in [0.25, 0.3) is 10.0 Å². The molecule has 110 valence electrons. The SMILES string of the molecule is CCn1cc(S(=O)(=O)N(C)c2ccccc2C#N)nc1C. The summed E-state index contributed by atoms with van der Waals surface area (Å²) in [6.45, 7) is 4.32. The molecule has 0 aliphatic carbocycles. The van der Waals surface area contributed by atoms with Gasteiger partial charge in [0.2, 0.25) is 0 Å². The molecule has 0 spiro atoms. The van der Waals surface area contributed by atoms with E-state index in [0.717, 1.165) is 4.31 Å². The molecule has 0 saturated carbocycles. The Bertz CT molecular complexity index is 803. The summed E-state index contributed by atoms with van der Waals surface area (Å²) in [4.78, 5) is 4.11. The van der Waals surface area contributed by atoms with Crippen molar-refractivity contribution in [3.8, 4) is 6.07 Å². The van der Waals surface area contributed by atoms with Crippen LogP contribution >= 0.6 is 0 Å². The van der Waals surface area contributed by atoms with Gasteiger partial charge in [-0.25, -0.2) is 4.98 Å². The third-order valence-corrected chi connectivity index (χ3v) is 4.93. The van der Waals surface area contributed by atoms with E-state index in [1.807, 2.05) is 13.0 Å². The summed E-state index contributed by atoms with van der Waals surface area (Å²) in [5.74, 6) is 0.637. The van der Waals surface area contributed by atoms with E-state index in [2.05, 4.69) is 4.98 Å². The van der Waals surface area contributed by atoms with Crippen molar-refractivity contribution in [1.82, 2.24) is 9.55 Å². The van der Waals surface area contributed by atoms with Gasteiger partial charge in [-0.2, -0.15) is 13.7 Å². The monoisotopic (exact) mass is 304 g/mol. The molecule has 1 aromatic carbocycles. The van der Waals surface area contributed by atoms with Gasteiger partial charge in [0, 0.05) is 19.8 Å². The van der Waals surface area contributed by atoms with Gasteiger partial charge in [-0.15, -0.1) is 0 Å². The maximum atomic E-state index is 12.6. The Balaban J connectivity index is 2.50. The van der Waals surface area contributed by atoms with Gasteiger partial charge >= 0.3 is 0 Å². The van der Waals surface area contributed by atoms with Gasteiger partial charge in [-0.1, -0.05) is 12.1 Å². The molecular weight excluding hydrogens is 288 g/mol. The summed E-state index contributed by atoms with van der Waals surface area (Å²) in [5, 5.41) is 9.08. The third-order valence-electron chi connectivity index (χ3n) is 3.28. The molecular formula is C14H16N4O2S. The quantitative estimate of drug-likeness (QED) is 0.864. The maximum Gasteiger partial charge on any atom is 0.283 e. The van der Waals surface area contributed by atoms with E-state index in [0.29, 0.717) is 23.6 Å². The Labute approximate surface area is 124 Å². The van der Waals surface area contributed by atoms with Crippen molar-refractivity contribution in [2.45, 2.75) is 25.4 Å². The van der Waals surface area contributed by atoms with Gasteiger partial charge < -0.3 is 4.57 Å². The van der Waals surface area contributed by atoms with Crippen molar-refractivity contribution >= 4 is 15.7 Å². The van der Waals surface area contributed by atoms with Gasteiger partial charge in [-0.3, -0.25) is 4.31 Å². The zero-order valence-corrected chi connectivity index (χ0v) is 12.9. The van der Waals surface area contributed by atoms with E-state index in [-0.39, 0.29) is 5.03 Å². The van der Waals surface area contributed by atoms with E-state index in [9.17, 15) is 8.42 Å². The fraction of sp³-hybridized carbons (Fsp3) is 0.286. The van der Waals surface area contributed by atoms with Crippen molar-refractivity contribution in [3.63, 3.8) is 0 Å². The van der Waals surface area contributed by atoms with Gasteiger partial charge in [0.1, 0.15) is 11.9 Å². The average molecular weight is 304 g/mol. The van der Waals surface area contributed by atoms with Crippen LogP contribution in [-0.2, 0) is 16.6 Å². The van der Waals surface area contributed by atoms with E-state index < -0.39 is 10.0 Å². The number of nitriles is 1. The lowest BCUT2D eigenvalue weighted by molar-refractivity contribution is 0.591.